The van der Waals surface area contributed by atoms with E-state index in [9.17, 15) is 4.79 Å². The molecule has 3 heteroatoms. The van der Waals surface area contributed by atoms with Crippen molar-refractivity contribution in [1.29, 1.82) is 0 Å². The predicted octanol–water partition coefficient (Wildman–Crippen LogP) is 6.80. The Balaban J connectivity index is 1.58. The Bertz CT molecular complexity index is 1250. The minimum atomic E-state index is 0.0207. The first kappa shape index (κ1) is 19.7. The van der Waals surface area contributed by atoms with E-state index in [0.717, 1.165) is 39.1 Å². The van der Waals surface area contributed by atoms with Gasteiger partial charge in [-0.25, -0.2) is 0 Å². The Morgan fingerprint density at radius 1 is 0.633 bits per heavy atom. The quantitative estimate of drug-likeness (QED) is 0.348. The summed E-state index contributed by atoms with van der Waals surface area (Å²) in [5.74, 6) is 2.34. The van der Waals surface area contributed by atoms with E-state index in [1.54, 1.807) is 7.11 Å². The Morgan fingerprint density at radius 2 is 1.23 bits per heavy atom. The molecule has 4 aromatic rings. The highest BCUT2D eigenvalue weighted by molar-refractivity contribution is 6.09. The Morgan fingerprint density at radius 3 is 1.87 bits per heavy atom. The number of hydrogen-bond acceptors (Lipinski definition) is 3. The summed E-state index contributed by atoms with van der Waals surface area (Å²) in [6, 6.07) is 23.3. The van der Waals surface area contributed by atoms with E-state index < -0.39 is 0 Å². The van der Waals surface area contributed by atoms with E-state index in [1.807, 2.05) is 93.6 Å². The molecule has 0 atom stereocenters. The Hall–Kier alpha value is -3.59. The van der Waals surface area contributed by atoms with Crippen LogP contribution in [0, 0.1) is 20.8 Å². The van der Waals surface area contributed by atoms with E-state index in [0.29, 0.717) is 11.1 Å². The van der Waals surface area contributed by atoms with Crippen LogP contribution in [0.15, 0.2) is 72.8 Å². The van der Waals surface area contributed by atoms with Gasteiger partial charge in [0.15, 0.2) is 5.78 Å². The molecule has 0 aliphatic rings. The van der Waals surface area contributed by atoms with Crippen molar-refractivity contribution in [3.05, 3.63) is 101 Å². The number of aryl methyl sites for hydroxylation is 3. The summed E-state index contributed by atoms with van der Waals surface area (Å²) in [5.41, 5.74) is 4.58. The van der Waals surface area contributed by atoms with Crippen LogP contribution in [-0.2, 0) is 0 Å². The van der Waals surface area contributed by atoms with Crippen molar-refractivity contribution >= 4 is 16.6 Å². The van der Waals surface area contributed by atoms with Gasteiger partial charge in [-0.05, 0) is 96.8 Å². The molecule has 0 N–H and O–H groups in total. The van der Waals surface area contributed by atoms with E-state index in [-0.39, 0.29) is 5.78 Å². The lowest BCUT2D eigenvalue weighted by molar-refractivity contribution is 0.103. The third-order valence-electron chi connectivity index (χ3n) is 5.45. The maximum absolute atomic E-state index is 12.9. The van der Waals surface area contributed by atoms with E-state index >= 15 is 0 Å². The van der Waals surface area contributed by atoms with Gasteiger partial charge < -0.3 is 9.47 Å². The zero-order valence-electron chi connectivity index (χ0n) is 17.7. The predicted molar refractivity (Wildman–Crippen MR) is 121 cm³/mol. The topological polar surface area (TPSA) is 35.5 Å². The molecule has 30 heavy (non-hydrogen) atoms. The monoisotopic (exact) mass is 396 g/mol. The largest absolute Gasteiger partial charge is 0.497 e. The molecule has 0 heterocycles. The van der Waals surface area contributed by atoms with Gasteiger partial charge in [-0.3, -0.25) is 4.79 Å². The fourth-order valence-electron chi connectivity index (χ4n) is 3.47. The van der Waals surface area contributed by atoms with Crippen molar-refractivity contribution < 1.29 is 14.3 Å². The molecule has 0 fully saturated rings. The van der Waals surface area contributed by atoms with Crippen LogP contribution in [0.25, 0.3) is 10.8 Å². The molecule has 0 bridgehead atoms. The van der Waals surface area contributed by atoms with Gasteiger partial charge in [-0.15, -0.1) is 0 Å². The van der Waals surface area contributed by atoms with Crippen molar-refractivity contribution in [3.63, 3.8) is 0 Å². The van der Waals surface area contributed by atoms with Gasteiger partial charge in [0.2, 0.25) is 0 Å². The van der Waals surface area contributed by atoms with Gasteiger partial charge in [0.1, 0.15) is 17.2 Å². The molecule has 150 valence electrons. The summed E-state index contributed by atoms with van der Waals surface area (Å²) in [6.07, 6.45) is 0. The fraction of sp³-hybridized carbons (Fsp3) is 0.148. The van der Waals surface area contributed by atoms with E-state index in [2.05, 4.69) is 0 Å². The standard InChI is InChI=1S/C27H24O3/c1-17-5-6-22(13-18(17)2)27(28)23-9-12-26(19(3)14-23)30-25-11-8-20-15-24(29-4)10-7-21(20)16-25/h5-16H,1-4H3. The third kappa shape index (κ3) is 3.92. The molecule has 0 amide bonds. The lowest BCUT2D eigenvalue weighted by Gasteiger charge is -2.12. The number of carbonyl (C=O) groups excluding carboxylic acids is 1. The molecule has 4 aromatic carbocycles. The molecule has 3 nitrogen and oxygen atoms in total. The van der Waals surface area contributed by atoms with Gasteiger partial charge in [0.05, 0.1) is 7.11 Å². The van der Waals surface area contributed by atoms with Crippen LogP contribution >= 0.6 is 0 Å². The SMILES string of the molecule is COc1ccc2cc(Oc3ccc(C(=O)c4ccc(C)c(C)c4)cc3C)ccc2c1. The van der Waals surface area contributed by atoms with E-state index in [4.69, 9.17) is 9.47 Å². The minimum Gasteiger partial charge on any atom is -0.497 e. The summed E-state index contributed by atoms with van der Waals surface area (Å²) < 4.78 is 11.4. The summed E-state index contributed by atoms with van der Waals surface area (Å²) in [5, 5.41) is 2.17. The Labute approximate surface area is 176 Å². The number of benzene rings is 4. The van der Waals surface area contributed by atoms with Gasteiger partial charge in [-0.2, -0.15) is 0 Å². The van der Waals surface area contributed by atoms with E-state index in [1.165, 1.54) is 5.56 Å². The Kier molecular flexibility index (Phi) is 5.28. The maximum atomic E-state index is 12.9. The van der Waals surface area contributed by atoms with Crippen LogP contribution in [0.2, 0.25) is 0 Å². The van der Waals surface area contributed by atoms with Crippen molar-refractivity contribution in [3.8, 4) is 17.2 Å². The second-order valence-corrected chi connectivity index (χ2v) is 7.59. The molecule has 0 saturated heterocycles. The number of ketones is 1. The van der Waals surface area contributed by atoms with Gasteiger partial charge in [0.25, 0.3) is 0 Å². The maximum Gasteiger partial charge on any atom is 0.193 e. The van der Waals surface area contributed by atoms with Crippen molar-refractivity contribution in [1.82, 2.24) is 0 Å². The normalized spacial score (nSPS) is 10.8. The first-order valence-corrected chi connectivity index (χ1v) is 9.93. The molecule has 0 aliphatic heterocycles. The lowest BCUT2D eigenvalue weighted by Crippen LogP contribution is -2.03. The molecular weight excluding hydrogens is 372 g/mol. The summed E-state index contributed by atoms with van der Waals surface area (Å²) in [7, 11) is 1.66. The van der Waals surface area contributed by atoms with Crippen LogP contribution < -0.4 is 9.47 Å². The first-order valence-electron chi connectivity index (χ1n) is 9.93. The number of carbonyl (C=O) groups is 1. The molecule has 0 unspecified atom stereocenters. The zero-order chi connectivity index (χ0) is 21.3. The van der Waals surface area contributed by atoms with Crippen molar-refractivity contribution in [2.75, 3.05) is 7.11 Å². The molecule has 0 saturated carbocycles. The highest BCUT2D eigenvalue weighted by atomic mass is 16.5. The highest BCUT2D eigenvalue weighted by Gasteiger charge is 2.12. The second kappa shape index (κ2) is 8.03. The number of ether oxygens (including phenoxy) is 2. The molecule has 4 rings (SSSR count). The van der Waals surface area contributed by atoms with Crippen LogP contribution in [0.1, 0.15) is 32.6 Å². The molecular formula is C27H24O3. The average molecular weight is 396 g/mol. The summed E-state index contributed by atoms with van der Waals surface area (Å²) >= 11 is 0. The van der Waals surface area contributed by atoms with Crippen molar-refractivity contribution in [2.24, 2.45) is 0 Å². The smallest absolute Gasteiger partial charge is 0.193 e. The molecule has 0 aliphatic carbocycles. The van der Waals surface area contributed by atoms with Crippen LogP contribution in [0.4, 0.5) is 0 Å². The first-order chi connectivity index (χ1) is 14.4. The highest BCUT2D eigenvalue weighted by Crippen LogP contribution is 2.30. The third-order valence-corrected chi connectivity index (χ3v) is 5.45. The van der Waals surface area contributed by atoms with Gasteiger partial charge >= 0.3 is 0 Å². The zero-order valence-corrected chi connectivity index (χ0v) is 17.7. The summed E-state index contributed by atoms with van der Waals surface area (Å²) in [6.45, 7) is 6.02. The fourth-order valence-corrected chi connectivity index (χ4v) is 3.47. The van der Waals surface area contributed by atoms with Gasteiger partial charge in [-0.1, -0.05) is 24.3 Å². The number of hydrogen-bond donors (Lipinski definition) is 0. The van der Waals surface area contributed by atoms with Crippen LogP contribution in [0.3, 0.4) is 0 Å². The summed E-state index contributed by atoms with van der Waals surface area (Å²) in [4.78, 5) is 12.9. The molecule has 0 aromatic heterocycles. The number of methoxy groups -OCH3 is 1. The number of rotatable bonds is 5. The lowest BCUT2D eigenvalue weighted by atomic mass is 9.98. The van der Waals surface area contributed by atoms with Gasteiger partial charge in [0, 0.05) is 11.1 Å². The average Bonchev–Trinajstić information content (AvgIpc) is 2.76. The molecule has 0 radical (unpaired) electrons. The number of fused-ring (bicyclic) bond motifs is 1. The second-order valence-electron chi connectivity index (χ2n) is 7.59. The van der Waals surface area contributed by atoms with Crippen LogP contribution in [-0.4, -0.2) is 12.9 Å². The van der Waals surface area contributed by atoms with Crippen LogP contribution in [0.5, 0.6) is 17.2 Å². The van der Waals surface area contributed by atoms with Crippen molar-refractivity contribution in [2.45, 2.75) is 20.8 Å². The minimum absolute atomic E-state index is 0.0207. The molecule has 0 spiro atoms.